The van der Waals surface area contributed by atoms with Crippen molar-refractivity contribution in [2.75, 3.05) is 5.88 Å². The van der Waals surface area contributed by atoms with Crippen LogP contribution in [-0.4, -0.2) is 10.4 Å². The zero-order valence-corrected chi connectivity index (χ0v) is 12.8. The van der Waals surface area contributed by atoms with E-state index in [4.69, 9.17) is 11.6 Å². The van der Waals surface area contributed by atoms with Crippen LogP contribution in [0.1, 0.15) is 18.2 Å². The second kappa shape index (κ2) is 5.03. The summed E-state index contributed by atoms with van der Waals surface area (Å²) in [6.07, 6.45) is 0. The molecule has 3 heteroatoms. The summed E-state index contributed by atoms with van der Waals surface area (Å²) in [4.78, 5) is 0. The molecule has 1 heterocycles. The average Bonchev–Trinajstić information content (AvgIpc) is 2.54. The summed E-state index contributed by atoms with van der Waals surface area (Å²) in [5, 5.41) is 1.33. The molecule has 1 unspecified atom stereocenters. The molecule has 92 valence electrons. The van der Waals surface area contributed by atoms with Gasteiger partial charge in [-0.3, -0.25) is 0 Å². The van der Waals surface area contributed by atoms with Crippen molar-refractivity contribution in [3.05, 3.63) is 33.9 Å². The zero-order valence-electron chi connectivity index (χ0n) is 10.4. The number of benzene rings is 1. The summed E-state index contributed by atoms with van der Waals surface area (Å²) in [5.74, 6) is 1.20. The standard InChI is InChI=1S/C14H17BrClN/c1-9(7-16)8-17-11(3)10(2)13-6-12(15)4-5-14(13)17/h4-6,9H,7-8H2,1-3H3. The Hall–Kier alpha value is -0.470. The molecule has 0 aliphatic carbocycles. The first kappa shape index (κ1) is 13.0. The highest BCUT2D eigenvalue weighted by Gasteiger charge is 2.12. The van der Waals surface area contributed by atoms with Crippen molar-refractivity contribution in [2.45, 2.75) is 27.3 Å². The van der Waals surface area contributed by atoms with Crippen molar-refractivity contribution in [2.24, 2.45) is 5.92 Å². The van der Waals surface area contributed by atoms with Gasteiger partial charge in [0.15, 0.2) is 0 Å². The summed E-state index contributed by atoms with van der Waals surface area (Å²) in [6.45, 7) is 7.55. The number of aryl methyl sites for hydroxylation is 1. The Morgan fingerprint density at radius 1 is 1.35 bits per heavy atom. The molecule has 2 rings (SSSR count). The highest BCUT2D eigenvalue weighted by Crippen LogP contribution is 2.28. The Morgan fingerprint density at radius 2 is 2.06 bits per heavy atom. The van der Waals surface area contributed by atoms with Crippen LogP contribution >= 0.6 is 27.5 Å². The van der Waals surface area contributed by atoms with Gasteiger partial charge in [-0.25, -0.2) is 0 Å². The first-order valence-corrected chi connectivity index (χ1v) is 7.18. The normalized spacial score (nSPS) is 13.2. The van der Waals surface area contributed by atoms with Gasteiger partial charge in [0.25, 0.3) is 0 Å². The molecule has 0 N–H and O–H groups in total. The van der Waals surface area contributed by atoms with Crippen LogP contribution < -0.4 is 0 Å². The van der Waals surface area contributed by atoms with Gasteiger partial charge in [0.1, 0.15) is 0 Å². The Morgan fingerprint density at radius 3 is 2.71 bits per heavy atom. The first-order chi connectivity index (χ1) is 8.04. The van der Waals surface area contributed by atoms with Crippen LogP contribution in [0.2, 0.25) is 0 Å². The van der Waals surface area contributed by atoms with E-state index in [1.165, 1.54) is 22.2 Å². The highest BCUT2D eigenvalue weighted by atomic mass is 79.9. The van der Waals surface area contributed by atoms with Crippen LogP contribution in [0.3, 0.4) is 0 Å². The van der Waals surface area contributed by atoms with E-state index in [-0.39, 0.29) is 0 Å². The van der Waals surface area contributed by atoms with E-state index in [9.17, 15) is 0 Å². The lowest BCUT2D eigenvalue weighted by Crippen LogP contribution is -2.10. The maximum atomic E-state index is 5.92. The zero-order chi connectivity index (χ0) is 12.6. The quantitative estimate of drug-likeness (QED) is 0.710. The molecule has 1 atom stereocenters. The van der Waals surface area contributed by atoms with Gasteiger partial charge in [-0.2, -0.15) is 0 Å². The Labute approximate surface area is 116 Å². The number of nitrogens with zero attached hydrogens (tertiary/aromatic N) is 1. The summed E-state index contributed by atoms with van der Waals surface area (Å²) >= 11 is 9.45. The SMILES string of the molecule is Cc1c(C)n(CC(C)CCl)c2ccc(Br)cc12. The van der Waals surface area contributed by atoms with Crippen molar-refractivity contribution >= 4 is 38.4 Å². The molecule has 1 aromatic carbocycles. The van der Waals surface area contributed by atoms with Crippen molar-refractivity contribution in [3.63, 3.8) is 0 Å². The van der Waals surface area contributed by atoms with Gasteiger partial charge in [0.05, 0.1) is 0 Å². The van der Waals surface area contributed by atoms with E-state index < -0.39 is 0 Å². The molecule has 0 aliphatic rings. The molecule has 0 saturated carbocycles. The van der Waals surface area contributed by atoms with Crippen molar-refractivity contribution < 1.29 is 0 Å². The Kier molecular flexibility index (Phi) is 3.84. The predicted molar refractivity (Wildman–Crippen MR) is 79.0 cm³/mol. The molecule has 0 aliphatic heterocycles. The van der Waals surface area contributed by atoms with E-state index in [0.29, 0.717) is 11.8 Å². The van der Waals surface area contributed by atoms with Gasteiger partial charge in [-0.05, 0) is 43.5 Å². The minimum atomic E-state index is 0.494. The van der Waals surface area contributed by atoms with Gasteiger partial charge in [-0.1, -0.05) is 22.9 Å². The molecule has 0 bridgehead atoms. The van der Waals surface area contributed by atoms with Crippen LogP contribution in [0.15, 0.2) is 22.7 Å². The molecule has 17 heavy (non-hydrogen) atoms. The number of hydrogen-bond acceptors (Lipinski definition) is 0. The van der Waals surface area contributed by atoms with Gasteiger partial charge < -0.3 is 4.57 Å². The van der Waals surface area contributed by atoms with Gasteiger partial charge in [0, 0.05) is 33.5 Å². The number of halogens is 2. The van der Waals surface area contributed by atoms with E-state index in [0.717, 1.165) is 11.0 Å². The fourth-order valence-corrected chi connectivity index (χ4v) is 2.68. The van der Waals surface area contributed by atoms with Gasteiger partial charge >= 0.3 is 0 Å². The number of alkyl halides is 1. The monoisotopic (exact) mass is 313 g/mol. The maximum Gasteiger partial charge on any atom is 0.0486 e. The van der Waals surface area contributed by atoms with Crippen molar-refractivity contribution in [1.82, 2.24) is 4.57 Å². The number of rotatable bonds is 3. The highest BCUT2D eigenvalue weighted by molar-refractivity contribution is 9.10. The number of aromatic nitrogens is 1. The molecular formula is C14H17BrClN. The second-order valence-electron chi connectivity index (χ2n) is 4.74. The second-order valence-corrected chi connectivity index (χ2v) is 5.97. The van der Waals surface area contributed by atoms with E-state index >= 15 is 0 Å². The molecule has 0 amide bonds. The summed E-state index contributed by atoms with van der Waals surface area (Å²) in [6, 6.07) is 6.48. The molecular weight excluding hydrogens is 298 g/mol. The van der Waals surface area contributed by atoms with E-state index in [1.807, 2.05) is 0 Å². The fourth-order valence-electron chi connectivity index (χ4n) is 2.22. The lowest BCUT2D eigenvalue weighted by atomic mass is 10.2. The smallest absolute Gasteiger partial charge is 0.0486 e. The third kappa shape index (κ3) is 2.38. The largest absolute Gasteiger partial charge is 0.344 e. The molecule has 0 fully saturated rings. The lowest BCUT2D eigenvalue weighted by Gasteiger charge is -2.12. The molecule has 0 spiro atoms. The van der Waals surface area contributed by atoms with Crippen molar-refractivity contribution in [3.8, 4) is 0 Å². The minimum Gasteiger partial charge on any atom is -0.344 e. The van der Waals surface area contributed by atoms with Crippen LogP contribution in [0.25, 0.3) is 10.9 Å². The van der Waals surface area contributed by atoms with Crippen LogP contribution in [0.5, 0.6) is 0 Å². The van der Waals surface area contributed by atoms with E-state index in [2.05, 4.69) is 59.5 Å². The summed E-state index contributed by atoms with van der Waals surface area (Å²) in [7, 11) is 0. The van der Waals surface area contributed by atoms with Crippen LogP contribution in [0.4, 0.5) is 0 Å². The molecule has 2 aromatic rings. The fraction of sp³-hybridized carbons (Fsp3) is 0.429. The summed E-state index contributed by atoms with van der Waals surface area (Å²) in [5.41, 5.74) is 4.01. The maximum absolute atomic E-state index is 5.92. The predicted octanol–water partition coefficient (Wildman–Crippen LogP) is 4.90. The topological polar surface area (TPSA) is 4.93 Å². The first-order valence-electron chi connectivity index (χ1n) is 5.85. The molecule has 0 saturated heterocycles. The van der Waals surface area contributed by atoms with Crippen LogP contribution in [-0.2, 0) is 6.54 Å². The molecule has 1 nitrogen and oxygen atoms in total. The minimum absolute atomic E-state index is 0.494. The number of fused-ring (bicyclic) bond motifs is 1. The Balaban J connectivity index is 2.58. The van der Waals surface area contributed by atoms with E-state index in [1.54, 1.807) is 0 Å². The average molecular weight is 315 g/mol. The molecule has 0 radical (unpaired) electrons. The number of hydrogen-bond donors (Lipinski definition) is 0. The van der Waals surface area contributed by atoms with Gasteiger partial charge in [0.2, 0.25) is 0 Å². The summed E-state index contributed by atoms with van der Waals surface area (Å²) < 4.78 is 3.51. The van der Waals surface area contributed by atoms with Gasteiger partial charge in [-0.15, -0.1) is 11.6 Å². The third-order valence-electron chi connectivity index (χ3n) is 3.36. The molecule has 1 aromatic heterocycles. The lowest BCUT2D eigenvalue weighted by molar-refractivity contribution is 0.532. The van der Waals surface area contributed by atoms with Crippen LogP contribution in [0, 0.1) is 19.8 Å². The third-order valence-corrected chi connectivity index (χ3v) is 4.38. The van der Waals surface area contributed by atoms with Crippen molar-refractivity contribution in [1.29, 1.82) is 0 Å². The Bertz CT molecular complexity index is 545.